The summed E-state index contributed by atoms with van der Waals surface area (Å²) in [6, 6.07) is 12.9. The molecule has 2 heterocycles. The van der Waals surface area contributed by atoms with Crippen molar-refractivity contribution >= 4 is 39.5 Å². The number of halogens is 2. The summed E-state index contributed by atoms with van der Waals surface area (Å²) in [6.45, 7) is 0.223. The van der Waals surface area contributed by atoms with Gasteiger partial charge in [0.1, 0.15) is 18.4 Å². The zero-order valence-electron chi connectivity index (χ0n) is 16.3. The SMILES string of the molecule is O=C(NCc1cccc(Cl)c1)C1CCc2nnc(CN[S+](=O)([O-])c3ccccc3Cl)n21. The first kappa shape index (κ1) is 21.9. The topological polar surface area (TPSA) is 112 Å². The number of carbonyl (C=O) groups is 1. The molecule has 2 aromatic carbocycles. The van der Waals surface area contributed by atoms with Crippen molar-refractivity contribution in [2.24, 2.45) is 0 Å². The van der Waals surface area contributed by atoms with Crippen LogP contribution in [-0.2, 0) is 38.9 Å². The van der Waals surface area contributed by atoms with Gasteiger partial charge in [-0.2, -0.15) is 0 Å². The highest BCUT2D eigenvalue weighted by atomic mass is 35.5. The van der Waals surface area contributed by atoms with Crippen LogP contribution in [0.4, 0.5) is 0 Å². The van der Waals surface area contributed by atoms with Gasteiger partial charge in [-0.25, -0.2) is 0 Å². The van der Waals surface area contributed by atoms with Crippen molar-refractivity contribution in [2.75, 3.05) is 0 Å². The lowest BCUT2D eigenvalue weighted by Crippen LogP contribution is -2.34. The molecule has 1 amide bonds. The summed E-state index contributed by atoms with van der Waals surface area (Å²) >= 11 is 12.0. The number of aromatic nitrogens is 3. The highest BCUT2D eigenvalue weighted by Crippen LogP contribution is 2.28. The van der Waals surface area contributed by atoms with Gasteiger partial charge < -0.3 is 14.4 Å². The van der Waals surface area contributed by atoms with Crippen LogP contribution >= 0.6 is 23.2 Å². The minimum atomic E-state index is -3.85. The Morgan fingerprint density at radius 2 is 1.97 bits per heavy atom. The molecular formula is C20H19Cl2N5O3S. The number of benzene rings is 2. The lowest BCUT2D eigenvalue weighted by atomic mass is 10.2. The molecule has 0 saturated heterocycles. The van der Waals surface area contributed by atoms with Crippen molar-refractivity contribution < 1.29 is 13.6 Å². The molecule has 1 aliphatic rings. The fourth-order valence-corrected chi connectivity index (χ4v) is 5.22. The average molecular weight is 480 g/mol. The van der Waals surface area contributed by atoms with E-state index in [1.165, 1.54) is 12.1 Å². The summed E-state index contributed by atoms with van der Waals surface area (Å²) in [4.78, 5) is 12.8. The van der Waals surface area contributed by atoms with Crippen LogP contribution in [0.3, 0.4) is 0 Å². The van der Waals surface area contributed by atoms with Crippen molar-refractivity contribution in [3.8, 4) is 0 Å². The number of fused-ring (bicyclic) bond motifs is 1. The van der Waals surface area contributed by atoms with Gasteiger partial charge >= 0.3 is 0 Å². The molecular weight excluding hydrogens is 461 g/mol. The number of hydrogen-bond acceptors (Lipinski definition) is 5. The molecule has 2 atom stereocenters. The van der Waals surface area contributed by atoms with E-state index in [0.29, 0.717) is 36.1 Å². The Hall–Kier alpha value is -2.30. The number of aryl methyl sites for hydroxylation is 1. The average Bonchev–Trinajstić information content (AvgIpc) is 3.33. The first-order valence-electron chi connectivity index (χ1n) is 9.54. The summed E-state index contributed by atoms with van der Waals surface area (Å²) < 4.78 is 29.4. The van der Waals surface area contributed by atoms with E-state index in [1.807, 2.05) is 12.1 Å². The summed E-state index contributed by atoms with van der Waals surface area (Å²) in [7, 11) is -3.85. The summed E-state index contributed by atoms with van der Waals surface area (Å²) in [5.41, 5.74) is 0.885. The van der Waals surface area contributed by atoms with E-state index in [4.69, 9.17) is 23.2 Å². The highest BCUT2D eigenvalue weighted by Gasteiger charge is 2.33. The van der Waals surface area contributed by atoms with Gasteiger partial charge in [-0.05, 0) is 36.2 Å². The maximum absolute atomic E-state index is 12.8. The zero-order chi connectivity index (χ0) is 22.0. The Balaban J connectivity index is 1.45. The molecule has 0 saturated carbocycles. The molecule has 8 nitrogen and oxygen atoms in total. The fourth-order valence-electron chi connectivity index (χ4n) is 3.51. The number of rotatable bonds is 7. The van der Waals surface area contributed by atoms with Gasteiger partial charge in [-0.3, -0.25) is 4.79 Å². The number of hydrogen-bond donors (Lipinski definition) is 2. The Kier molecular flexibility index (Phi) is 6.40. The quantitative estimate of drug-likeness (QED) is 0.505. The van der Waals surface area contributed by atoms with E-state index in [9.17, 15) is 13.6 Å². The minimum absolute atomic E-state index is 0.0198. The van der Waals surface area contributed by atoms with Gasteiger partial charge in [-0.1, -0.05) is 51.7 Å². The summed E-state index contributed by atoms with van der Waals surface area (Å²) in [6.07, 6.45) is 1.15. The van der Waals surface area contributed by atoms with E-state index >= 15 is 0 Å². The Morgan fingerprint density at radius 3 is 2.74 bits per heavy atom. The third-order valence-electron chi connectivity index (χ3n) is 4.99. The third kappa shape index (κ3) is 4.81. The van der Waals surface area contributed by atoms with Crippen LogP contribution in [0.25, 0.3) is 0 Å². The third-order valence-corrected chi connectivity index (χ3v) is 7.13. The van der Waals surface area contributed by atoms with Gasteiger partial charge in [0.25, 0.3) is 0 Å². The molecule has 0 spiro atoms. The first-order chi connectivity index (χ1) is 14.8. The molecule has 4 rings (SSSR count). The van der Waals surface area contributed by atoms with Crippen molar-refractivity contribution in [1.29, 1.82) is 0 Å². The van der Waals surface area contributed by atoms with Crippen LogP contribution in [0.5, 0.6) is 0 Å². The fraction of sp³-hybridized carbons (Fsp3) is 0.250. The van der Waals surface area contributed by atoms with E-state index in [0.717, 1.165) is 5.56 Å². The molecule has 2 N–H and O–H groups in total. The summed E-state index contributed by atoms with van der Waals surface area (Å²) in [5, 5.41) is 11.8. The van der Waals surface area contributed by atoms with Crippen molar-refractivity contribution in [3.05, 3.63) is 75.8 Å². The van der Waals surface area contributed by atoms with Gasteiger partial charge in [0.2, 0.25) is 5.91 Å². The van der Waals surface area contributed by atoms with Crippen LogP contribution in [0.2, 0.25) is 10.0 Å². The Bertz CT molecular complexity index is 1170. The second-order valence-electron chi connectivity index (χ2n) is 7.06. The highest BCUT2D eigenvalue weighted by molar-refractivity contribution is 7.95. The number of amides is 1. The van der Waals surface area contributed by atoms with Crippen LogP contribution < -0.4 is 10.0 Å². The largest absolute Gasteiger partial charge is 0.593 e. The molecule has 3 aromatic rings. The number of nitrogens with zero attached hydrogens (tertiary/aromatic N) is 3. The van der Waals surface area contributed by atoms with Crippen molar-refractivity contribution in [1.82, 2.24) is 24.8 Å². The van der Waals surface area contributed by atoms with Crippen LogP contribution in [0.15, 0.2) is 53.4 Å². The van der Waals surface area contributed by atoms with Gasteiger partial charge in [0.15, 0.2) is 21.1 Å². The van der Waals surface area contributed by atoms with Gasteiger partial charge in [0, 0.05) is 18.0 Å². The molecule has 1 aromatic heterocycles. The predicted molar refractivity (Wildman–Crippen MR) is 116 cm³/mol. The van der Waals surface area contributed by atoms with Gasteiger partial charge in [0.05, 0.1) is 5.02 Å². The second kappa shape index (κ2) is 9.05. The van der Waals surface area contributed by atoms with Gasteiger partial charge in [-0.15, -0.1) is 14.9 Å². The predicted octanol–water partition coefficient (Wildman–Crippen LogP) is 3.08. The van der Waals surface area contributed by atoms with Crippen LogP contribution in [0, 0.1) is 0 Å². The molecule has 11 heteroatoms. The molecule has 0 radical (unpaired) electrons. The zero-order valence-corrected chi connectivity index (χ0v) is 18.6. The molecule has 2 unspecified atom stereocenters. The van der Waals surface area contributed by atoms with E-state index in [-0.39, 0.29) is 22.4 Å². The van der Waals surface area contributed by atoms with Crippen molar-refractivity contribution in [3.63, 3.8) is 0 Å². The summed E-state index contributed by atoms with van der Waals surface area (Å²) in [5.74, 6) is 0.828. The Labute approximate surface area is 190 Å². The monoisotopic (exact) mass is 479 g/mol. The molecule has 0 aliphatic carbocycles. The molecule has 162 valence electrons. The first-order valence-corrected chi connectivity index (χ1v) is 11.8. The maximum atomic E-state index is 12.8. The van der Waals surface area contributed by atoms with Crippen LogP contribution in [-0.4, -0.2) is 25.2 Å². The van der Waals surface area contributed by atoms with Crippen LogP contribution in [0.1, 0.15) is 29.7 Å². The molecule has 31 heavy (non-hydrogen) atoms. The molecule has 0 fully saturated rings. The molecule has 0 bridgehead atoms. The van der Waals surface area contributed by atoms with E-state index < -0.39 is 16.4 Å². The lowest BCUT2D eigenvalue weighted by Gasteiger charge is -2.18. The smallest absolute Gasteiger partial charge is 0.243 e. The number of sulfonamides is 1. The lowest BCUT2D eigenvalue weighted by molar-refractivity contribution is -0.124. The number of carbonyl (C=O) groups excluding carboxylic acids is 1. The second-order valence-corrected chi connectivity index (χ2v) is 9.64. The maximum Gasteiger partial charge on any atom is 0.243 e. The normalized spacial score (nSPS) is 17.2. The minimum Gasteiger partial charge on any atom is -0.593 e. The van der Waals surface area contributed by atoms with E-state index in [1.54, 1.807) is 28.8 Å². The van der Waals surface area contributed by atoms with Crippen molar-refractivity contribution in [2.45, 2.75) is 36.9 Å². The van der Waals surface area contributed by atoms with E-state index in [2.05, 4.69) is 20.2 Å². The standard InChI is InChI=1S/C20H19Cl2N5O3S/c21-14-5-3-4-13(10-14)11-23-20(28)16-8-9-18-25-26-19(27(16)18)12-24-31(29,30)17-7-2-1-6-15(17)22/h1-7,10,16H,8-9,11-12H2,(H2-,23,24,28,29,30). The molecule has 1 aliphatic heterocycles. The number of nitrogens with one attached hydrogen (secondary N) is 2. The Morgan fingerprint density at radius 1 is 1.16 bits per heavy atom.